The molecule has 0 aliphatic carbocycles. The standard InChI is InChI=1S/C12H13N3O3/c1-15-8-13-14-11(15)7-18-12-9(6-16)4-3-5-10(12)17-2/h3-6,8H,7H2,1-2H3. The molecule has 0 aliphatic heterocycles. The smallest absolute Gasteiger partial charge is 0.172 e. The molecule has 94 valence electrons. The van der Waals surface area contributed by atoms with Crippen LogP contribution in [0.3, 0.4) is 0 Å². The lowest BCUT2D eigenvalue weighted by Crippen LogP contribution is -2.05. The molecule has 2 aromatic rings. The van der Waals surface area contributed by atoms with Gasteiger partial charge in [-0.25, -0.2) is 0 Å². The molecule has 0 atom stereocenters. The third-order valence-electron chi connectivity index (χ3n) is 2.51. The van der Waals surface area contributed by atoms with Crippen molar-refractivity contribution in [3.05, 3.63) is 35.9 Å². The number of carbonyl (C=O) groups excluding carboxylic acids is 1. The largest absolute Gasteiger partial charge is 0.493 e. The summed E-state index contributed by atoms with van der Waals surface area (Å²) in [6, 6.07) is 5.14. The van der Waals surface area contributed by atoms with Gasteiger partial charge in [-0.3, -0.25) is 4.79 Å². The third-order valence-corrected chi connectivity index (χ3v) is 2.51. The van der Waals surface area contributed by atoms with Crippen LogP contribution in [0.1, 0.15) is 16.2 Å². The first kappa shape index (κ1) is 12.1. The quantitative estimate of drug-likeness (QED) is 0.743. The van der Waals surface area contributed by atoms with E-state index in [4.69, 9.17) is 9.47 Å². The van der Waals surface area contributed by atoms with Crippen LogP contribution in [0.4, 0.5) is 0 Å². The van der Waals surface area contributed by atoms with E-state index in [1.54, 1.807) is 29.1 Å². The molecule has 1 aromatic carbocycles. The number of benzene rings is 1. The molecule has 0 amide bonds. The molecule has 0 radical (unpaired) electrons. The number of methoxy groups -OCH3 is 1. The van der Waals surface area contributed by atoms with Crippen LogP contribution in [-0.2, 0) is 13.7 Å². The number of aldehydes is 1. The fraction of sp³-hybridized carbons (Fsp3) is 0.250. The first-order valence-corrected chi connectivity index (χ1v) is 5.34. The van der Waals surface area contributed by atoms with Crippen molar-refractivity contribution in [3.8, 4) is 11.5 Å². The molecule has 2 rings (SSSR count). The minimum Gasteiger partial charge on any atom is -0.493 e. The maximum atomic E-state index is 11.0. The molecule has 0 aliphatic rings. The third kappa shape index (κ3) is 2.32. The van der Waals surface area contributed by atoms with E-state index in [1.165, 1.54) is 7.11 Å². The maximum absolute atomic E-state index is 11.0. The van der Waals surface area contributed by atoms with E-state index in [0.29, 0.717) is 22.9 Å². The van der Waals surface area contributed by atoms with Crippen molar-refractivity contribution in [2.24, 2.45) is 7.05 Å². The van der Waals surface area contributed by atoms with Gasteiger partial charge in [0.2, 0.25) is 0 Å². The van der Waals surface area contributed by atoms with E-state index in [1.807, 2.05) is 7.05 Å². The van der Waals surface area contributed by atoms with Gasteiger partial charge in [0.05, 0.1) is 12.7 Å². The first-order chi connectivity index (χ1) is 8.76. The Morgan fingerprint density at radius 2 is 2.28 bits per heavy atom. The molecular weight excluding hydrogens is 234 g/mol. The highest BCUT2D eigenvalue weighted by Gasteiger charge is 2.11. The summed E-state index contributed by atoms with van der Waals surface area (Å²) in [5, 5.41) is 7.65. The van der Waals surface area contributed by atoms with Gasteiger partial charge >= 0.3 is 0 Å². The van der Waals surface area contributed by atoms with E-state index >= 15 is 0 Å². The maximum Gasteiger partial charge on any atom is 0.172 e. The normalized spacial score (nSPS) is 10.1. The molecular formula is C12H13N3O3. The molecule has 0 bridgehead atoms. The van der Waals surface area contributed by atoms with E-state index in [0.717, 1.165) is 6.29 Å². The number of aryl methyl sites for hydroxylation is 1. The number of nitrogens with zero attached hydrogens (tertiary/aromatic N) is 3. The molecule has 0 saturated carbocycles. The Balaban J connectivity index is 2.22. The first-order valence-electron chi connectivity index (χ1n) is 5.34. The fourth-order valence-corrected chi connectivity index (χ4v) is 1.52. The second-order valence-electron chi connectivity index (χ2n) is 3.64. The van der Waals surface area contributed by atoms with Gasteiger partial charge in [-0.2, -0.15) is 0 Å². The zero-order valence-corrected chi connectivity index (χ0v) is 10.2. The Morgan fingerprint density at radius 1 is 1.44 bits per heavy atom. The highest BCUT2D eigenvalue weighted by atomic mass is 16.5. The van der Waals surface area contributed by atoms with Crippen molar-refractivity contribution in [3.63, 3.8) is 0 Å². The topological polar surface area (TPSA) is 66.2 Å². The molecule has 0 N–H and O–H groups in total. The molecule has 18 heavy (non-hydrogen) atoms. The van der Waals surface area contributed by atoms with Crippen LogP contribution in [-0.4, -0.2) is 28.2 Å². The van der Waals surface area contributed by atoms with Gasteiger partial charge in [-0.1, -0.05) is 6.07 Å². The zero-order chi connectivity index (χ0) is 13.0. The summed E-state index contributed by atoms with van der Waals surface area (Å²) < 4.78 is 12.5. The summed E-state index contributed by atoms with van der Waals surface area (Å²) in [7, 11) is 3.35. The van der Waals surface area contributed by atoms with Gasteiger partial charge in [0.15, 0.2) is 23.6 Å². The minimum atomic E-state index is 0.220. The van der Waals surface area contributed by atoms with Gasteiger partial charge in [-0.15, -0.1) is 10.2 Å². The summed E-state index contributed by atoms with van der Waals surface area (Å²) in [4.78, 5) is 11.0. The van der Waals surface area contributed by atoms with E-state index in [-0.39, 0.29) is 6.61 Å². The molecule has 0 spiro atoms. The lowest BCUT2D eigenvalue weighted by molar-refractivity contribution is 0.111. The molecule has 1 aromatic heterocycles. The van der Waals surface area contributed by atoms with Crippen molar-refractivity contribution < 1.29 is 14.3 Å². The number of rotatable bonds is 5. The van der Waals surface area contributed by atoms with E-state index in [2.05, 4.69) is 10.2 Å². The van der Waals surface area contributed by atoms with Crippen molar-refractivity contribution in [2.75, 3.05) is 7.11 Å². The molecule has 6 nitrogen and oxygen atoms in total. The Bertz CT molecular complexity index is 551. The molecule has 6 heteroatoms. The molecule has 0 fully saturated rings. The van der Waals surface area contributed by atoms with Gasteiger partial charge in [0.25, 0.3) is 0 Å². The van der Waals surface area contributed by atoms with Crippen molar-refractivity contribution in [2.45, 2.75) is 6.61 Å². The Kier molecular flexibility index (Phi) is 3.57. The second-order valence-corrected chi connectivity index (χ2v) is 3.64. The summed E-state index contributed by atoms with van der Waals surface area (Å²) in [5.74, 6) is 1.59. The van der Waals surface area contributed by atoms with Crippen LogP contribution < -0.4 is 9.47 Å². The second kappa shape index (κ2) is 5.31. The predicted octanol–water partition coefficient (Wildman–Crippen LogP) is 1.22. The van der Waals surface area contributed by atoms with Crippen LogP contribution >= 0.6 is 0 Å². The zero-order valence-electron chi connectivity index (χ0n) is 10.2. The van der Waals surface area contributed by atoms with Gasteiger partial charge in [-0.05, 0) is 12.1 Å². The van der Waals surface area contributed by atoms with Crippen molar-refractivity contribution in [1.82, 2.24) is 14.8 Å². The van der Waals surface area contributed by atoms with Crippen LogP contribution in [0.15, 0.2) is 24.5 Å². The van der Waals surface area contributed by atoms with Gasteiger partial charge in [0.1, 0.15) is 12.9 Å². The fourth-order valence-electron chi connectivity index (χ4n) is 1.52. The minimum absolute atomic E-state index is 0.220. The van der Waals surface area contributed by atoms with Gasteiger partial charge < -0.3 is 14.0 Å². The average molecular weight is 247 g/mol. The van der Waals surface area contributed by atoms with Crippen molar-refractivity contribution >= 4 is 6.29 Å². The molecule has 0 saturated heterocycles. The summed E-state index contributed by atoms with van der Waals surface area (Å²) in [6.45, 7) is 0.220. The number of hydrogen-bond donors (Lipinski definition) is 0. The monoisotopic (exact) mass is 247 g/mol. The predicted molar refractivity (Wildman–Crippen MR) is 63.7 cm³/mol. The number of aromatic nitrogens is 3. The number of para-hydroxylation sites is 1. The van der Waals surface area contributed by atoms with Crippen LogP contribution in [0.5, 0.6) is 11.5 Å². The Labute approximate surface area is 104 Å². The SMILES string of the molecule is COc1cccc(C=O)c1OCc1nncn1C. The van der Waals surface area contributed by atoms with E-state index < -0.39 is 0 Å². The Hall–Kier alpha value is -2.37. The average Bonchev–Trinajstić information content (AvgIpc) is 2.81. The lowest BCUT2D eigenvalue weighted by atomic mass is 10.2. The summed E-state index contributed by atoms with van der Waals surface area (Å²) in [6.07, 6.45) is 2.32. The van der Waals surface area contributed by atoms with Crippen molar-refractivity contribution in [1.29, 1.82) is 0 Å². The van der Waals surface area contributed by atoms with Gasteiger partial charge in [0, 0.05) is 7.05 Å². The van der Waals surface area contributed by atoms with Crippen LogP contribution in [0.2, 0.25) is 0 Å². The highest BCUT2D eigenvalue weighted by Crippen LogP contribution is 2.30. The highest BCUT2D eigenvalue weighted by molar-refractivity contribution is 5.81. The lowest BCUT2D eigenvalue weighted by Gasteiger charge is -2.11. The number of carbonyl (C=O) groups is 1. The molecule has 1 heterocycles. The summed E-state index contributed by atoms with van der Waals surface area (Å²) in [5.41, 5.74) is 0.441. The number of hydrogen-bond acceptors (Lipinski definition) is 5. The Morgan fingerprint density at radius 3 is 2.89 bits per heavy atom. The molecule has 0 unspecified atom stereocenters. The van der Waals surface area contributed by atoms with E-state index in [9.17, 15) is 4.79 Å². The summed E-state index contributed by atoms with van der Waals surface area (Å²) >= 11 is 0. The number of ether oxygens (including phenoxy) is 2. The van der Waals surface area contributed by atoms with Crippen LogP contribution in [0.25, 0.3) is 0 Å². The van der Waals surface area contributed by atoms with Crippen LogP contribution in [0, 0.1) is 0 Å².